The van der Waals surface area contributed by atoms with Gasteiger partial charge < -0.3 is 4.74 Å². The lowest BCUT2D eigenvalue weighted by Gasteiger charge is -2.32. The van der Waals surface area contributed by atoms with E-state index in [2.05, 4.69) is 17.0 Å². The van der Waals surface area contributed by atoms with Crippen LogP contribution >= 0.6 is 23.2 Å². The predicted octanol–water partition coefficient (Wildman–Crippen LogP) is 5.62. The fraction of sp³-hybridized carbons (Fsp3) is 0.368. The van der Waals surface area contributed by atoms with Crippen molar-refractivity contribution in [3.8, 4) is 0 Å². The van der Waals surface area contributed by atoms with Crippen LogP contribution in [-0.2, 0) is 4.74 Å². The summed E-state index contributed by atoms with van der Waals surface area (Å²) in [5.74, 6) is 0. The van der Waals surface area contributed by atoms with Crippen molar-refractivity contribution >= 4 is 23.2 Å². The van der Waals surface area contributed by atoms with E-state index < -0.39 is 0 Å². The molecule has 3 unspecified atom stereocenters. The van der Waals surface area contributed by atoms with Crippen molar-refractivity contribution < 1.29 is 4.74 Å². The van der Waals surface area contributed by atoms with Gasteiger partial charge in [-0.25, -0.2) is 0 Å². The van der Waals surface area contributed by atoms with Crippen molar-refractivity contribution in [2.75, 3.05) is 6.54 Å². The van der Waals surface area contributed by atoms with Crippen molar-refractivity contribution in [1.29, 1.82) is 0 Å². The summed E-state index contributed by atoms with van der Waals surface area (Å²) < 4.78 is 6.44. The summed E-state index contributed by atoms with van der Waals surface area (Å²) in [5.41, 5.74) is 2.18. The molecule has 120 valence electrons. The van der Waals surface area contributed by atoms with E-state index in [-0.39, 0.29) is 18.4 Å². The van der Waals surface area contributed by atoms with Crippen LogP contribution in [0.3, 0.4) is 0 Å². The zero-order chi connectivity index (χ0) is 15.8. The lowest BCUT2D eigenvalue weighted by Crippen LogP contribution is -2.36. The van der Waals surface area contributed by atoms with Crippen LogP contribution < -0.4 is 0 Å². The Morgan fingerprint density at radius 1 is 0.870 bits per heavy atom. The molecule has 2 nitrogen and oxygen atoms in total. The average molecular weight is 348 g/mol. The summed E-state index contributed by atoms with van der Waals surface area (Å²) in [6.45, 7) is 1.04. The Balaban J connectivity index is 1.80. The van der Waals surface area contributed by atoms with Gasteiger partial charge in [-0.2, -0.15) is 0 Å². The smallest absolute Gasteiger partial charge is 0.112 e. The van der Waals surface area contributed by atoms with Crippen LogP contribution in [0.5, 0.6) is 0 Å². The van der Waals surface area contributed by atoms with E-state index in [1.54, 1.807) is 0 Å². The van der Waals surface area contributed by atoms with Crippen LogP contribution in [0.2, 0.25) is 10.0 Å². The largest absolute Gasteiger partial charge is 0.353 e. The predicted molar refractivity (Wildman–Crippen MR) is 93.8 cm³/mol. The number of hydrogen-bond acceptors (Lipinski definition) is 2. The van der Waals surface area contributed by atoms with E-state index in [1.165, 1.54) is 12.8 Å². The molecule has 0 aliphatic carbocycles. The first kappa shape index (κ1) is 15.5. The maximum absolute atomic E-state index is 6.51. The molecule has 0 radical (unpaired) electrons. The van der Waals surface area contributed by atoms with Crippen LogP contribution in [-0.4, -0.2) is 17.7 Å². The number of nitrogens with zero attached hydrogens (tertiary/aromatic N) is 1. The number of hydrogen-bond donors (Lipinski definition) is 0. The highest BCUT2D eigenvalue weighted by Gasteiger charge is 2.45. The van der Waals surface area contributed by atoms with E-state index >= 15 is 0 Å². The average Bonchev–Trinajstić information content (AvgIpc) is 2.95. The maximum atomic E-state index is 6.51. The van der Waals surface area contributed by atoms with Crippen LogP contribution in [0.4, 0.5) is 0 Å². The topological polar surface area (TPSA) is 12.5 Å². The van der Waals surface area contributed by atoms with Crippen LogP contribution in [0.15, 0.2) is 48.5 Å². The van der Waals surface area contributed by atoms with Crippen molar-refractivity contribution in [3.63, 3.8) is 0 Å². The normalized spacial score (nSPS) is 27.8. The second kappa shape index (κ2) is 6.45. The third-order valence-corrected chi connectivity index (χ3v) is 5.56. The molecule has 0 aromatic heterocycles. The van der Waals surface area contributed by atoms with Crippen LogP contribution in [0.1, 0.15) is 42.5 Å². The minimum absolute atomic E-state index is 0.0771. The van der Waals surface area contributed by atoms with Crippen LogP contribution in [0, 0.1) is 0 Å². The Hall–Kier alpha value is -1.06. The minimum atomic E-state index is -0.0771. The summed E-state index contributed by atoms with van der Waals surface area (Å²) >= 11 is 13.0. The molecule has 2 saturated heterocycles. The molecule has 23 heavy (non-hydrogen) atoms. The molecule has 0 N–H and O–H groups in total. The summed E-state index contributed by atoms with van der Waals surface area (Å²) in [7, 11) is 0. The fourth-order valence-electron chi connectivity index (χ4n) is 3.81. The van der Waals surface area contributed by atoms with Crippen molar-refractivity contribution in [2.24, 2.45) is 0 Å². The first-order valence-electron chi connectivity index (χ1n) is 8.16. The highest BCUT2D eigenvalue weighted by Crippen LogP contribution is 2.50. The summed E-state index contributed by atoms with van der Waals surface area (Å²) in [5, 5.41) is 1.55. The first-order valence-corrected chi connectivity index (χ1v) is 8.91. The van der Waals surface area contributed by atoms with Gasteiger partial charge in [0.2, 0.25) is 0 Å². The Morgan fingerprint density at radius 3 is 2.22 bits per heavy atom. The summed E-state index contributed by atoms with van der Waals surface area (Å²) in [4.78, 5) is 2.46. The lowest BCUT2D eigenvalue weighted by molar-refractivity contribution is -0.0205. The Bertz CT molecular complexity index is 705. The number of piperidine rings is 1. The monoisotopic (exact) mass is 347 g/mol. The maximum Gasteiger partial charge on any atom is 0.112 e. The molecular weight excluding hydrogens is 329 g/mol. The Morgan fingerprint density at radius 2 is 1.52 bits per heavy atom. The molecule has 4 rings (SSSR count). The Labute approximate surface area is 147 Å². The quantitative estimate of drug-likeness (QED) is 0.699. The second-order valence-corrected chi connectivity index (χ2v) is 7.05. The molecule has 2 aromatic carbocycles. The van der Waals surface area contributed by atoms with Crippen LogP contribution in [0.25, 0.3) is 0 Å². The first-order chi connectivity index (χ1) is 11.3. The zero-order valence-electron chi connectivity index (χ0n) is 12.8. The minimum Gasteiger partial charge on any atom is -0.353 e. The van der Waals surface area contributed by atoms with Gasteiger partial charge in [-0.05, 0) is 37.0 Å². The number of benzene rings is 2. The fourth-order valence-corrected chi connectivity index (χ4v) is 4.30. The number of ether oxygens (including phenoxy) is 1. The number of halogens is 2. The van der Waals surface area contributed by atoms with Crippen molar-refractivity contribution in [2.45, 2.75) is 37.6 Å². The molecule has 2 heterocycles. The Kier molecular flexibility index (Phi) is 4.33. The molecule has 0 bridgehead atoms. The van der Waals surface area contributed by atoms with E-state index in [0.29, 0.717) is 0 Å². The van der Waals surface area contributed by atoms with E-state index in [9.17, 15) is 0 Å². The molecule has 2 aliphatic rings. The van der Waals surface area contributed by atoms with Gasteiger partial charge in [-0.3, -0.25) is 4.90 Å². The van der Waals surface area contributed by atoms with Gasteiger partial charge >= 0.3 is 0 Å². The summed E-state index contributed by atoms with van der Waals surface area (Å²) in [6.07, 6.45) is 3.57. The van der Waals surface area contributed by atoms with Gasteiger partial charge in [-0.1, -0.05) is 59.6 Å². The van der Waals surface area contributed by atoms with Crippen molar-refractivity contribution in [3.05, 3.63) is 69.7 Å². The van der Waals surface area contributed by atoms with E-state index in [4.69, 9.17) is 27.9 Å². The van der Waals surface area contributed by atoms with Crippen molar-refractivity contribution in [1.82, 2.24) is 4.90 Å². The molecule has 3 atom stereocenters. The molecule has 4 heteroatoms. The van der Waals surface area contributed by atoms with Gasteiger partial charge in [0.15, 0.2) is 0 Å². The molecule has 0 amide bonds. The highest BCUT2D eigenvalue weighted by atomic mass is 35.5. The molecule has 0 saturated carbocycles. The number of fused-ring (bicyclic) bond motifs is 1. The zero-order valence-corrected chi connectivity index (χ0v) is 14.3. The molecule has 2 fully saturated rings. The van der Waals surface area contributed by atoms with E-state index in [0.717, 1.165) is 34.1 Å². The molecule has 2 aliphatic heterocycles. The number of rotatable bonds is 2. The lowest BCUT2D eigenvalue weighted by atomic mass is 9.94. The van der Waals surface area contributed by atoms with E-state index in [1.807, 2.05) is 36.4 Å². The third-order valence-electron chi connectivity index (χ3n) is 4.87. The van der Waals surface area contributed by atoms with Gasteiger partial charge in [-0.15, -0.1) is 0 Å². The highest BCUT2D eigenvalue weighted by molar-refractivity contribution is 6.31. The van der Waals surface area contributed by atoms with Gasteiger partial charge in [0.05, 0.1) is 6.04 Å². The molecule has 2 aromatic rings. The SMILES string of the molecule is Clc1ccccc1C1OC2CCCCN2C1c1ccccc1Cl. The molecule has 0 spiro atoms. The second-order valence-electron chi connectivity index (χ2n) is 6.23. The summed E-state index contributed by atoms with van der Waals surface area (Å²) in [6, 6.07) is 16.2. The standard InChI is InChI=1S/C19H19Cl2NO/c20-15-9-3-1-7-13(15)18-19(14-8-2-4-10-16(14)21)23-17-11-5-6-12-22(17)18/h1-4,7-10,17-19H,5-6,11-12H2. The molecular formula is C19H19Cl2NO. The van der Waals surface area contributed by atoms with Gasteiger partial charge in [0.1, 0.15) is 12.3 Å². The third kappa shape index (κ3) is 2.78. The van der Waals surface area contributed by atoms with Gasteiger partial charge in [0.25, 0.3) is 0 Å². The van der Waals surface area contributed by atoms with Gasteiger partial charge in [0, 0.05) is 22.2 Å².